The quantitative estimate of drug-likeness (QED) is 0.289. The van der Waals surface area contributed by atoms with Gasteiger partial charge >= 0.3 is 88.7 Å². The summed E-state index contributed by atoms with van der Waals surface area (Å²) in [6.07, 6.45) is 5.23. The molecular weight excluding hydrogens is 369 g/mol. The Morgan fingerprint density at radius 3 is 1.23 bits per heavy atom. The number of carbonyl (C=O) groups excluding carboxylic acids is 3. The Morgan fingerprint density at radius 1 is 0.615 bits per heavy atom. The second kappa shape index (κ2) is 23.7. The van der Waals surface area contributed by atoms with Crippen LogP contribution in [0.3, 0.4) is 0 Å². The van der Waals surface area contributed by atoms with Crippen molar-refractivity contribution in [3.05, 3.63) is 35.9 Å². The third-order valence-electron chi connectivity index (χ3n) is 3.02. The average molecular weight is 390 g/mol. The number of aromatic carboxylic acids is 1. The van der Waals surface area contributed by atoms with E-state index in [4.69, 9.17) is 0 Å². The molecule has 0 bridgehead atoms. The third kappa shape index (κ3) is 24.6. The minimum atomic E-state index is -1.13. The first-order valence-corrected chi connectivity index (χ1v) is 7.59. The number of hydrogen-bond acceptors (Lipinski definition) is 6. The Morgan fingerprint density at radius 2 is 0.962 bits per heavy atom. The van der Waals surface area contributed by atoms with Crippen molar-refractivity contribution in [3.63, 3.8) is 0 Å². The maximum atomic E-state index is 10.1. The topological polar surface area (TPSA) is 120 Å². The molecule has 1 rings (SSSR count). The van der Waals surface area contributed by atoms with Gasteiger partial charge in [0.2, 0.25) is 0 Å². The first-order valence-electron chi connectivity index (χ1n) is 7.59. The minimum Gasteiger partial charge on any atom is -0.550 e. The van der Waals surface area contributed by atoms with Gasteiger partial charge in [-0.3, -0.25) is 0 Å². The number of carboxylic acid groups (broad SMARTS) is 3. The van der Waals surface area contributed by atoms with E-state index in [0.29, 0.717) is 12.8 Å². The van der Waals surface area contributed by atoms with Gasteiger partial charge < -0.3 is 29.7 Å². The van der Waals surface area contributed by atoms with Crippen LogP contribution >= 0.6 is 0 Å². The van der Waals surface area contributed by atoms with Gasteiger partial charge in [-0.25, -0.2) is 0 Å². The van der Waals surface area contributed by atoms with Crippen LogP contribution in [0.4, 0.5) is 0 Å². The molecule has 0 heterocycles. The molecule has 128 valence electrons. The number of benzene rings is 1. The number of rotatable bonds is 10. The zero-order valence-corrected chi connectivity index (χ0v) is 22.0. The van der Waals surface area contributed by atoms with Crippen LogP contribution in [0, 0.1) is 0 Å². The van der Waals surface area contributed by atoms with Crippen LogP contribution in [-0.4, -0.2) is 17.9 Å². The molecule has 0 fully saturated rings. The molecule has 0 aliphatic carbocycles. The van der Waals surface area contributed by atoms with Crippen LogP contribution in [0.15, 0.2) is 30.3 Å². The Balaban J connectivity index is -0.000000177. The van der Waals surface area contributed by atoms with E-state index in [0.717, 1.165) is 25.7 Å². The molecule has 26 heavy (non-hydrogen) atoms. The number of aliphatic carboxylic acids is 2. The number of carbonyl (C=O) groups is 3. The zero-order chi connectivity index (χ0) is 17.5. The summed E-state index contributed by atoms with van der Waals surface area (Å²) in [6, 6.07) is 8.06. The standard InChI is InChI=1S/C10H18O4.C7H6O2.3Na/c11-9(12)7-5-3-1-2-4-6-8-10(13)14;8-7(9)6-4-2-1-3-5-6;;;/h1-8H2,(H,11,12)(H,13,14);1-5H,(H,8,9);;;/q;;3*+1/p-3. The summed E-state index contributed by atoms with van der Waals surface area (Å²) in [5.41, 5.74) is 0.220. The van der Waals surface area contributed by atoms with E-state index >= 15 is 0 Å². The molecule has 1 aromatic rings. The van der Waals surface area contributed by atoms with E-state index in [1.807, 2.05) is 0 Å². The van der Waals surface area contributed by atoms with Gasteiger partial charge in [0.25, 0.3) is 0 Å². The van der Waals surface area contributed by atoms with E-state index < -0.39 is 17.9 Å². The Hall–Kier alpha value is 0.630. The van der Waals surface area contributed by atoms with Crippen molar-refractivity contribution in [1.82, 2.24) is 0 Å². The fourth-order valence-electron chi connectivity index (χ4n) is 1.82. The zero-order valence-electron chi connectivity index (χ0n) is 16.0. The normalized spacial score (nSPS) is 8.46. The smallest absolute Gasteiger partial charge is 0.550 e. The molecule has 1 aromatic carbocycles. The summed E-state index contributed by atoms with van der Waals surface area (Å²) in [5.74, 6) is -3.13. The fourth-order valence-corrected chi connectivity index (χ4v) is 1.82. The molecule has 0 amide bonds. The van der Waals surface area contributed by atoms with Gasteiger partial charge in [-0.1, -0.05) is 56.0 Å². The van der Waals surface area contributed by atoms with E-state index in [-0.39, 0.29) is 107 Å². The maximum Gasteiger partial charge on any atom is 1.00 e. The average Bonchev–Trinajstić information content (AvgIpc) is 2.51. The van der Waals surface area contributed by atoms with Crippen LogP contribution < -0.4 is 104 Å². The van der Waals surface area contributed by atoms with Crippen molar-refractivity contribution in [2.45, 2.75) is 51.4 Å². The van der Waals surface area contributed by atoms with Gasteiger partial charge in [-0.05, 0) is 31.2 Å². The van der Waals surface area contributed by atoms with Gasteiger partial charge in [0.05, 0.1) is 5.97 Å². The first-order chi connectivity index (χ1) is 10.9. The summed E-state index contributed by atoms with van der Waals surface area (Å²) in [5, 5.41) is 30.1. The molecule has 0 aliphatic heterocycles. The SMILES string of the molecule is O=C([O-])CCCCCCCCC(=O)[O-].O=C([O-])c1ccccc1.[Na+].[Na+].[Na+]. The summed E-state index contributed by atoms with van der Waals surface area (Å²) < 4.78 is 0. The van der Waals surface area contributed by atoms with Crippen molar-refractivity contribution < 1.29 is 118 Å². The Bertz CT molecular complexity index is 463. The van der Waals surface area contributed by atoms with E-state index in [1.165, 1.54) is 12.1 Å². The van der Waals surface area contributed by atoms with Gasteiger partial charge in [0.1, 0.15) is 0 Å². The molecular formula is C17H21Na3O6. The Labute approximate surface area is 221 Å². The van der Waals surface area contributed by atoms with Crippen LogP contribution in [0.25, 0.3) is 0 Å². The van der Waals surface area contributed by atoms with Crippen molar-refractivity contribution in [2.75, 3.05) is 0 Å². The van der Waals surface area contributed by atoms with Gasteiger partial charge in [0, 0.05) is 11.9 Å². The summed E-state index contributed by atoms with van der Waals surface area (Å²) in [4.78, 5) is 30.1. The van der Waals surface area contributed by atoms with E-state index in [2.05, 4.69) is 0 Å². The molecule has 0 atom stereocenters. The molecule has 6 nitrogen and oxygen atoms in total. The minimum absolute atomic E-state index is 0. The second-order valence-electron chi connectivity index (χ2n) is 5.02. The first kappa shape index (κ1) is 34.2. The van der Waals surface area contributed by atoms with Crippen LogP contribution in [0.2, 0.25) is 0 Å². The van der Waals surface area contributed by atoms with Gasteiger partial charge in [0.15, 0.2) is 0 Å². The Kier molecular flexibility index (Phi) is 31.1. The monoisotopic (exact) mass is 390 g/mol. The van der Waals surface area contributed by atoms with Crippen LogP contribution in [-0.2, 0) is 9.59 Å². The van der Waals surface area contributed by atoms with E-state index in [9.17, 15) is 29.7 Å². The fraction of sp³-hybridized carbons (Fsp3) is 0.471. The molecule has 0 spiro atoms. The maximum absolute atomic E-state index is 10.1. The molecule has 0 radical (unpaired) electrons. The molecule has 0 unspecified atom stereocenters. The second-order valence-corrected chi connectivity index (χ2v) is 5.02. The summed E-state index contributed by atoms with van der Waals surface area (Å²) in [7, 11) is 0. The van der Waals surface area contributed by atoms with Crippen molar-refractivity contribution >= 4 is 17.9 Å². The molecule has 0 aliphatic rings. The third-order valence-corrected chi connectivity index (χ3v) is 3.02. The van der Waals surface area contributed by atoms with Crippen molar-refractivity contribution in [3.8, 4) is 0 Å². The molecule has 0 N–H and O–H groups in total. The molecule has 0 saturated heterocycles. The molecule has 0 saturated carbocycles. The van der Waals surface area contributed by atoms with Crippen LogP contribution in [0.5, 0.6) is 0 Å². The molecule has 0 aromatic heterocycles. The van der Waals surface area contributed by atoms with Crippen molar-refractivity contribution in [1.29, 1.82) is 0 Å². The number of unbranched alkanes of at least 4 members (excludes halogenated alkanes) is 5. The summed E-state index contributed by atoms with van der Waals surface area (Å²) in [6.45, 7) is 0. The number of carboxylic acids is 3. The van der Waals surface area contributed by atoms with E-state index in [1.54, 1.807) is 18.2 Å². The van der Waals surface area contributed by atoms with Gasteiger partial charge in [-0.15, -0.1) is 0 Å². The largest absolute Gasteiger partial charge is 1.00 e. The van der Waals surface area contributed by atoms with Crippen molar-refractivity contribution in [2.24, 2.45) is 0 Å². The van der Waals surface area contributed by atoms with Crippen LogP contribution in [0.1, 0.15) is 61.7 Å². The predicted molar refractivity (Wildman–Crippen MR) is 77.7 cm³/mol. The number of hydrogen-bond donors (Lipinski definition) is 0. The summed E-state index contributed by atoms with van der Waals surface area (Å²) >= 11 is 0. The van der Waals surface area contributed by atoms with Gasteiger partial charge in [-0.2, -0.15) is 0 Å². The molecule has 9 heteroatoms. The predicted octanol–water partition coefficient (Wildman–Crippen LogP) is -9.33.